The molecule has 26 heavy (non-hydrogen) atoms. The molecule has 1 unspecified atom stereocenters. The molecule has 1 fully saturated rings. The number of hydrogen-bond acceptors (Lipinski definition) is 5. The molecule has 1 aliphatic heterocycles. The molecule has 1 saturated heterocycles. The van der Waals surface area contributed by atoms with Gasteiger partial charge in [-0.2, -0.15) is 0 Å². The van der Waals surface area contributed by atoms with Gasteiger partial charge in [-0.3, -0.25) is 4.90 Å². The van der Waals surface area contributed by atoms with Gasteiger partial charge in [0.2, 0.25) is 0 Å². The van der Waals surface area contributed by atoms with Crippen LogP contribution in [0.5, 0.6) is 11.5 Å². The molecular formula is C20H23N3O3. The Hall–Kier alpha value is -2.57. The predicted molar refractivity (Wildman–Crippen MR) is 99.6 cm³/mol. The van der Waals surface area contributed by atoms with Crippen LogP contribution in [0.15, 0.2) is 48.8 Å². The fraction of sp³-hybridized carbons (Fsp3) is 0.350. The molecular weight excluding hydrogens is 330 g/mol. The predicted octanol–water partition coefficient (Wildman–Crippen LogP) is 2.85. The molecule has 3 aromatic rings. The van der Waals surface area contributed by atoms with Crippen LogP contribution in [-0.2, 0) is 11.3 Å². The lowest BCUT2D eigenvalue weighted by atomic mass is 10.2. The molecule has 6 heteroatoms. The Morgan fingerprint density at radius 1 is 1.23 bits per heavy atom. The Labute approximate surface area is 152 Å². The lowest BCUT2D eigenvalue weighted by Gasteiger charge is -2.32. The van der Waals surface area contributed by atoms with Gasteiger partial charge in [0.05, 0.1) is 13.7 Å². The monoisotopic (exact) mass is 353 g/mol. The van der Waals surface area contributed by atoms with Crippen LogP contribution in [0.4, 0.5) is 0 Å². The number of morpholine rings is 1. The highest BCUT2D eigenvalue weighted by molar-refractivity contribution is 5.79. The number of nitrogens with one attached hydrogen (secondary N) is 1. The zero-order chi connectivity index (χ0) is 17.8. The standard InChI is InChI=1S/C20H23N3O3/c1-24-16-4-6-17(7-5-16)26-14-18-13-23(9-10-25-18)12-15-11-22-20-19(15)3-2-8-21-20/h2-8,11,18H,9-10,12-14H2,1H3,(H,21,22). The molecule has 1 aromatic carbocycles. The van der Waals surface area contributed by atoms with E-state index < -0.39 is 0 Å². The largest absolute Gasteiger partial charge is 0.497 e. The average molecular weight is 353 g/mol. The number of methoxy groups -OCH3 is 1. The smallest absolute Gasteiger partial charge is 0.137 e. The normalized spacial score (nSPS) is 18.1. The Kier molecular flexibility index (Phi) is 5.04. The molecule has 0 spiro atoms. The summed E-state index contributed by atoms with van der Waals surface area (Å²) in [6.07, 6.45) is 3.93. The topological polar surface area (TPSA) is 59.6 Å². The third kappa shape index (κ3) is 3.81. The number of nitrogens with zero attached hydrogens (tertiary/aromatic N) is 2. The molecule has 0 aliphatic carbocycles. The van der Waals surface area contributed by atoms with Crippen LogP contribution >= 0.6 is 0 Å². The van der Waals surface area contributed by atoms with E-state index >= 15 is 0 Å². The molecule has 4 rings (SSSR count). The van der Waals surface area contributed by atoms with Crippen LogP contribution in [0, 0.1) is 0 Å². The first kappa shape index (κ1) is 16.9. The van der Waals surface area contributed by atoms with Crippen LogP contribution in [0.1, 0.15) is 5.56 Å². The number of aromatic nitrogens is 2. The van der Waals surface area contributed by atoms with E-state index in [0.29, 0.717) is 6.61 Å². The maximum absolute atomic E-state index is 5.88. The summed E-state index contributed by atoms with van der Waals surface area (Å²) in [6.45, 7) is 3.92. The minimum absolute atomic E-state index is 0.0641. The molecule has 1 atom stereocenters. The number of hydrogen-bond donors (Lipinski definition) is 1. The van der Waals surface area contributed by atoms with E-state index in [-0.39, 0.29) is 6.10 Å². The number of benzene rings is 1. The van der Waals surface area contributed by atoms with Gasteiger partial charge in [0.25, 0.3) is 0 Å². The van der Waals surface area contributed by atoms with E-state index in [4.69, 9.17) is 14.2 Å². The average Bonchev–Trinajstić information content (AvgIpc) is 3.10. The summed E-state index contributed by atoms with van der Waals surface area (Å²) in [5.41, 5.74) is 2.21. The van der Waals surface area contributed by atoms with Crippen LogP contribution in [-0.4, -0.2) is 54.4 Å². The first-order valence-electron chi connectivity index (χ1n) is 8.83. The number of pyridine rings is 1. The van der Waals surface area contributed by atoms with E-state index in [9.17, 15) is 0 Å². The quantitative estimate of drug-likeness (QED) is 0.738. The molecule has 0 saturated carbocycles. The van der Waals surface area contributed by atoms with Crippen molar-refractivity contribution in [1.82, 2.24) is 14.9 Å². The second kappa shape index (κ2) is 7.76. The van der Waals surface area contributed by atoms with Gasteiger partial charge >= 0.3 is 0 Å². The summed E-state index contributed by atoms with van der Waals surface area (Å²) < 4.78 is 16.9. The molecule has 2 aromatic heterocycles. The van der Waals surface area contributed by atoms with Crippen molar-refractivity contribution in [2.45, 2.75) is 12.6 Å². The summed E-state index contributed by atoms with van der Waals surface area (Å²) >= 11 is 0. The Balaban J connectivity index is 1.33. The first-order valence-corrected chi connectivity index (χ1v) is 8.83. The minimum Gasteiger partial charge on any atom is -0.497 e. The Morgan fingerprint density at radius 2 is 2.08 bits per heavy atom. The van der Waals surface area contributed by atoms with Crippen molar-refractivity contribution >= 4 is 11.0 Å². The van der Waals surface area contributed by atoms with Crippen molar-refractivity contribution in [2.75, 3.05) is 33.4 Å². The minimum atomic E-state index is 0.0641. The van der Waals surface area contributed by atoms with Gasteiger partial charge in [0.15, 0.2) is 0 Å². The highest BCUT2D eigenvalue weighted by Gasteiger charge is 2.22. The summed E-state index contributed by atoms with van der Waals surface area (Å²) in [6, 6.07) is 11.7. The van der Waals surface area contributed by atoms with E-state index in [2.05, 4.69) is 27.1 Å². The van der Waals surface area contributed by atoms with E-state index in [1.54, 1.807) is 7.11 Å². The van der Waals surface area contributed by atoms with Gasteiger partial charge in [0, 0.05) is 37.4 Å². The first-order chi connectivity index (χ1) is 12.8. The van der Waals surface area contributed by atoms with Crippen LogP contribution in [0.2, 0.25) is 0 Å². The van der Waals surface area contributed by atoms with Crippen LogP contribution in [0.3, 0.4) is 0 Å². The van der Waals surface area contributed by atoms with E-state index in [1.165, 1.54) is 10.9 Å². The molecule has 6 nitrogen and oxygen atoms in total. The SMILES string of the molecule is COc1ccc(OCC2CN(Cc3c[nH]c4ncccc34)CCO2)cc1. The van der Waals surface area contributed by atoms with Crippen LogP contribution < -0.4 is 9.47 Å². The van der Waals surface area contributed by atoms with Crippen molar-refractivity contribution in [3.05, 3.63) is 54.4 Å². The second-order valence-corrected chi connectivity index (χ2v) is 6.43. The molecule has 1 N–H and O–H groups in total. The lowest BCUT2D eigenvalue weighted by molar-refractivity contribution is -0.0503. The maximum Gasteiger partial charge on any atom is 0.137 e. The molecule has 0 radical (unpaired) electrons. The zero-order valence-corrected chi connectivity index (χ0v) is 14.9. The fourth-order valence-electron chi connectivity index (χ4n) is 3.27. The molecule has 1 aliphatic rings. The van der Waals surface area contributed by atoms with E-state index in [0.717, 1.165) is 43.4 Å². The molecule has 136 valence electrons. The maximum atomic E-state index is 5.88. The van der Waals surface area contributed by atoms with E-state index in [1.807, 2.05) is 36.5 Å². The van der Waals surface area contributed by atoms with Crippen molar-refractivity contribution in [1.29, 1.82) is 0 Å². The van der Waals surface area contributed by atoms with Gasteiger partial charge in [-0.25, -0.2) is 4.98 Å². The number of H-pyrrole nitrogens is 1. The molecule has 0 amide bonds. The Bertz CT molecular complexity index is 847. The fourth-order valence-corrected chi connectivity index (χ4v) is 3.27. The summed E-state index contributed by atoms with van der Waals surface area (Å²) in [4.78, 5) is 10.0. The number of aromatic amines is 1. The lowest BCUT2D eigenvalue weighted by Crippen LogP contribution is -2.44. The third-order valence-electron chi connectivity index (χ3n) is 4.65. The summed E-state index contributed by atoms with van der Waals surface area (Å²) in [5.74, 6) is 1.65. The van der Waals surface area contributed by atoms with Gasteiger partial charge in [-0.1, -0.05) is 0 Å². The number of fused-ring (bicyclic) bond motifs is 1. The van der Waals surface area contributed by atoms with Gasteiger partial charge in [-0.15, -0.1) is 0 Å². The van der Waals surface area contributed by atoms with Crippen molar-refractivity contribution in [3.8, 4) is 11.5 Å². The van der Waals surface area contributed by atoms with Gasteiger partial charge in [-0.05, 0) is 42.0 Å². The van der Waals surface area contributed by atoms with Crippen LogP contribution in [0.25, 0.3) is 11.0 Å². The van der Waals surface area contributed by atoms with Crippen molar-refractivity contribution in [3.63, 3.8) is 0 Å². The van der Waals surface area contributed by atoms with Crippen molar-refractivity contribution in [2.24, 2.45) is 0 Å². The number of ether oxygens (including phenoxy) is 3. The van der Waals surface area contributed by atoms with Crippen molar-refractivity contribution < 1.29 is 14.2 Å². The second-order valence-electron chi connectivity index (χ2n) is 6.43. The van der Waals surface area contributed by atoms with Gasteiger partial charge < -0.3 is 19.2 Å². The third-order valence-corrected chi connectivity index (χ3v) is 4.65. The molecule has 3 heterocycles. The summed E-state index contributed by atoms with van der Waals surface area (Å²) in [5, 5.41) is 1.19. The summed E-state index contributed by atoms with van der Waals surface area (Å²) in [7, 11) is 1.66. The highest BCUT2D eigenvalue weighted by Crippen LogP contribution is 2.20. The highest BCUT2D eigenvalue weighted by atomic mass is 16.5. The Morgan fingerprint density at radius 3 is 2.92 bits per heavy atom. The zero-order valence-electron chi connectivity index (χ0n) is 14.9. The van der Waals surface area contributed by atoms with Gasteiger partial charge in [0.1, 0.15) is 29.9 Å². The number of rotatable bonds is 6. The molecule has 0 bridgehead atoms.